The highest BCUT2D eigenvalue weighted by atomic mass is 16.6. The zero-order valence-electron chi connectivity index (χ0n) is 11.7. The lowest BCUT2D eigenvalue weighted by Gasteiger charge is -2.14. The van der Waals surface area contributed by atoms with Crippen molar-refractivity contribution >= 4 is 17.6 Å². The number of ether oxygens (including phenoxy) is 1. The lowest BCUT2D eigenvalue weighted by molar-refractivity contribution is -0.384. The maximum absolute atomic E-state index is 11.7. The highest BCUT2D eigenvalue weighted by Gasteiger charge is 2.30. The largest absolute Gasteiger partial charge is 0.484 e. The molecule has 1 aliphatic carbocycles. The van der Waals surface area contributed by atoms with E-state index in [0.717, 1.165) is 12.8 Å². The Morgan fingerprint density at radius 3 is 2.77 bits per heavy atom. The summed E-state index contributed by atoms with van der Waals surface area (Å²) in [5.41, 5.74) is -0.143. The maximum atomic E-state index is 11.7. The fourth-order valence-corrected chi connectivity index (χ4v) is 1.98. The second-order valence-corrected chi connectivity index (χ2v) is 5.18. The molecular weight excluding hydrogens is 292 g/mol. The van der Waals surface area contributed by atoms with Crippen molar-refractivity contribution in [2.45, 2.75) is 25.3 Å². The number of amides is 1. The third-order valence-corrected chi connectivity index (χ3v) is 3.30. The van der Waals surface area contributed by atoms with E-state index in [2.05, 4.69) is 5.32 Å². The van der Waals surface area contributed by atoms with Crippen LogP contribution in [-0.4, -0.2) is 34.6 Å². The van der Waals surface area contributed by atoms with Gasteiger partial charge in [-0.2, -0.15) is 0 Å². The number of nitrogens with one attached hydrogen (secondary N) is 1. The molecule has 1 unspecified atom stereocenters. The van der Waals surface area contributed by atoms with E-state index >= 15 is 0 Å². The number of hydrogen-bond acceptors (Lipinski definition) is 5. The summed E-state index contributed by atoms with van der Waals surface area (Å²) in [7, 11) is 0. The quantitative estimate of drug-likeness (QED) is 0.552. The topological polar surface area (TPSA) is 119 Å². The molecule has 2 rings (SSSR count). The van der Waals surface area contributed by atoms with E-state index in [1.54, 1.807) is 0 Å². The van der Waals surface area contributed by atoms with Crippen LogP contribution >= 0.6 is 0 Å². The fourth-order valence-electron chi connectivity index (χ4n) is 1.98. The minimum atomic E-state index is -1.07. The molecule has 1 saturated carbocycles. The van der Waals surface area contributed by atoms with Gasteiger partial charge in [0.25, 0.3) is 11.6 Å². The van der Waals surface area contributed by atoms with E-state index in [1.807, 2.05) is 0 Å². The lowest BCUT2D eigenvalue weighted by atomic mass is 10.1. The van der Waals surface area contributed by atoms with E-state index in [4.69, 9.17) is 9.84 Å². The smallest absolute Gasteiger partial charge is 0.326 e. The first kappa shape index (κ1) is 15.7. The van der Waals surface area contributed by atoms with Gasteiger partial charge in [0.15, 0.2) is 6.61 Å². The standard InChI is InChI=1S/C14H16N2O6/c17-13(15-12(14(18)19)6-9-4-5-9)8-22-11-3-1-2-10(7-11)16(20)21/h1-3,7,9,12H,4-6,8H2,(H,15,17)(H,18,19). The number of carboxylic acids is 1. The number of nitrogens with zero attached hydrogens (tertiary/aromatic N) is 1. The van der Waals surface area contributed by atoms with Crippen LogP contribution in [0.5, 0.6) is 5.75 Å². The second kappa shape index (κ2) is 6.88. The van der Waals surface area contributed by atoms with E-state index in [0.29, 0.717) is 12.3 Å². The summed E-state index contributed by atoms with van der Waals surface area (Å²) in [6.45, 7) is -0.393. The van der Waals surface area contributed by atoms with Crippen molar-refractivity contribution in [3.8, 4) is 5.75 Å². The van der Waals surface area contributed by atoms with E-state index < -0.39 is 29.4 Å². The average Bonchev–Trinajstić information content (AvgIpc) is 3.28. The van der Waals surface area contributed by atoms with Gasteiger partial charge in [-0.25, -0.2) is 4.79 Å². The SMILES string of the molecule is O=C(COc1cccc([N+](=O)[O-])c1)NC(CC1CC1)C(=O)O. The van der Waals surface area contributed by atoms with Crippen molar-refractivity contribution in [2.24, 2.45) is 5.92 Å². The first-order valence-corrected chi connectivity index (χ1v) is 6.85. The number of hydrogen-bond donors (Lipinski definition) is 2. The van der Waals surface area contributed by atoms with Gasteiger partial charge in [-0.05, 0) is 18.4 Å². The number of carbonyl (C=O) groups is 2. The van der Waals surface area contributed by atoms with Crippen molar-refractivity contribution < 1.29 is 24.4 Å². The van der Waals surface area contributed by atoms with Gasteiger partial charge in [0.2, 0.25) is 0 Å². The highest BCUT2D eigenvalue weighted by molar-refractivity contribution is 5.84. The van der Waals surface area contributed by atoms with Crippen LogP contribution < -0.4 is 10.1 Å². The third-order valence-electron chi connectivity index (χ3n) is 3.30. The van der Waals surface area contributed by atoms with Crippen LogP contribution in [-0.2, 0) is 9.59 Å². The van der Waals surface area contributed by atoms with Gasteiger partial charge < -0.3 is 15.2 Å². The predicted octanol–water partition coefficient (Wildman–Crippen LogP) is 1.34. The van der Waals surface area contributed by atoms with Gasteiger partial charge in [0.05, 0.1) is 11.0 Å². The van der Waals surface area contributed by atoms with Gasteiger partial charge in [0.1, 0.15) is 11.8 Å². The number of carboxylic acid groups (broad SMARTS) is 1. The number of carbonyl (C=O) groups excluding carboxylic acids is 1. The molecule has 118 valence electrons. The highest BCUT2D eigenvalue weighted by Crippen LogP contribution is 2.33. The summed E-state index contributed by atoms with van der Waals surface area (Å²) in [6, 6.07) is 4.51. The van der Waals surface area contributed by atoms with Crippen molar-refractivity contribution in [3.63, 3.8) is 0 Å². The molecule has 0 heterocycles. The molecule has 2 N–H and O–H groups in total. The molecule has 0 aliphatic heterocycles. The average molecular weight is 308 g/mol. The molecule has 1 fully saturated rings. The molecule has 0 aromatic heterocycles. The van der Waals surface area contributed by atoms with Crippen LogP contribution in [0.1, 0.15) is 19.3 Å². The van der Waals surface area contributed by atoms with Crippen LogP contribution in [0.4, 0.5) is 5.69 Å². The summed E-state index contributed by atoms with van der Waals surface area (Å²) in [5, 5.41) is 22.1. The molecule has 22 heavy (non-hydrogen) atoms. The lowest BCUT2D eigenvalue weighted by Crippen LogP contribution is -2.43. The van der Waals surface area contributed by atoms with Crippen molar-refractivity contribution in [1.29, 1.82) is 0 Å². The normalized spacial score (nSPS) is 14.9. The summed E-state index contributed by atoms with van der Waals surface area (Å²) < 4.78 is 5.15. The molecule has 0 saturated heterocycles. The first-order valence-electron chi connectivity index (χ1n) is 6.85. The van der Waals surface area contributed by atoms with Gasteiger partial charge in [0, 0.05) is 6.07 Å². The van der Waals surface area contributed by atoms with Crippen LogP contribution in [0, 0.1) is 16.0 Å². The molecule has 8 heteroatoms. The van der Waals surface area contributed by atoms with Crippen molar-refractivity contribution in [2.75, 3.05) is 6.61 Å². The Balaban J connectivity index is 1.84. The first-order chi connectivity index (χ1) is 10.5. The Kier molecular flexibility index (Phi) is 4.92. The van der Waals surface area contributed by atoms with Crippen molar-refractivity contribution in [1.82, 2.24) is 5.32 Å². The van der Waals surface area contributed by atoms with Crippen LogP contribution in [0.2, 0.25) is 0 Å². The van der Waals surface area contributed by atoms with Crippen molar-refractivity contribution in [3.05, 3.63) is 34.4 Å². The Morgan fingerprint density at radius 2 is 2.18 bits per heavy atom. The molecule has 1 amide bonds. The Bertz CT molecular complexity index is 584. The molecule has 1 atom stereocenters. The summed E-state index contributed by atoms with van der Waals surface area (Å²) >= 11 is 0. The Hall–Kier alpha value is -2.64. The minimum absolute atomic E-state index is 0.143. The number of aliphatic carboxylic acids is 1. The fraction of sp³-hybridized carbons (Fsp3) is 0.429. The molecule has 8 nitrogen and oxygen atoms in total. The van der Waals surface area contributed by atoms with Crippen LogP contribution in [0.3, 0.4) is 0 Å². The molecule has 0 bridgehead atoms. The minimum Gasteiger partial charge on any atom is -0.484 e. The number of rotatable bonds is 8. The summed E-state index contributed by atoms with van der Waals surface area (Å²) in [5.74, 6) is -1.10. The van der Waals surface area contributed by atoms with Gasteiger partial charge >= 0.3 is 5.97 Å². The van der Waals surface area contributed by atoms with Gasteiger partial charge in [-0.15, -0.1) is 0 Å². The predicted molar refractivity (Wildman–Crippen MR) is 75.5 cm³/mol. The monoisotopic (exact) mass is 308 g/mol. The Labute approximate surface area is 126 Å². The van der Waals surface area contributed by atoms with Crippen LogP contribution in [0.15, 0.2) is 24.3 Å². The number of nitro groups is 1. The van der Waals surface area contributed by atoms with E-state index in [1.165, 1.54) is 24.3 Å². The van der Waals surface area contributed by atoms with Gasteiger partial charge in [-0.3, -0.25) is 14.9 Å². The van der Waals surface area contributed by atoms with Crippen LogP contribution in [0.25, 0.3) is 0 Å². The third kappa shape index (κ3) is 4.72. The maximum Gasteiger partial charge on any atom is 0.326 e. The summed E-state index contributed by atoms with van der Waals surface area (Å²) in [6.07, 6.45) is 2.39. The number of non-ortho nitro benzene ring substituents is 1. The zero-order valence-corrected chi connectivity index (χ0v) is 11.7. The molecule has 0 radical (unpaired) electrons. The second-order valence-electron chi connectivity index (χ2n) is 5.18. The van der Waals surface area contributed by atoms with Gasteiger partial charge in [-0.1, -0.05) is 18.9 Å². The number of benzene rings is 1. The molecule has 1 aliphatic rings. The molecular formula is C14H16N2O6. The molecule has 1 aromatic carbocycles. The molecule has 1 aromatic rings. The molecule has 0 spiro atoms. The van der Waals surface area contributed by atoms with E-state index in [-0.39, 0.29) is 11.4 Å². The Morgan fingerprint density at radius 1 is 1.45 bits per heavy atom. The zero-order chi connectivity index (χ0) is 16.1. The summed E-state index contributed by atoms with van der Waals surface area (Å²) in [4.78, 5) is 32.8. The number of nitro benzene ring substituents is 1. The van der Waals surface area contributed by atoms with E-state index in [9.17, 15) is 19.7 Å².